The zero-order valence-corrected chi connectivity index (χ0v) is 22.5. The lowest BCUT2D eigenvalue weighted by Gasteiger charge is -2.42. The molecule has 2 aromatic heterocycles. The van der Waals surface area contributed by atoms with E-state index in [1.54, 1.807) is 26.5 Å². The van der Waals surface area contributed by atoms with Crippen LogP contribution in [0.3, 0.4) is 0 Å². The van der Waals surface area contributed by atoms with Gasteiger partial charge in [0, 0.05) is 43.0 Å². The van der Waals surface area contributed by atoms with Gasteiger partial charge in [0.15, 0.2) is 5.03 Å². The van der Waals surface area contributed by atoms with E-state index in [-0.39, 0.29) is 16.9 Å². The number of thiazole rings is 1. The van der Waals surface area contributed by atoms with E-state index in [2.05, 4.69) is 47.9 Å². The Bertz CT molecular complexity index is 1490. The second-order valence-corrected chi connectivity index (χ2v) is 12.7. The molecule has 0 bridgehead atoms. The summed E-state index contributed by atoms with van der Waals surface area (Å²) in [7, 11) is -3.67. The van der Waals surface area contributed by atoms with E-state index in [0.29, 0.717) is 25.6 Å². The molecule has 1 atom stereocenters. The lowest BCUT2D eigenvalue weighted by atomic mass is 9.96. The zero-order valence-electron chi connectivity index (χ0n) is 20.8. The second-order valence-electron chi connectivity index (χ2n) is 9.77. The molecule has 1 saturated heterocycles. The second kappa shape index (κ2) is 9.66. The van der Waals surface area contributed by atoms with Gasteiger partial charge in [-0.3, -0.25) is 4.90 Å². The average molecular weight is 528 g/mol. The predicted octanol–water partition coefficient (Wildman–Crippen LogP) is 4.94. The molecule has 7 nitrogen and oxygen atoms in total. The number of hydrogen-bond donors (Lipinski definition) is 0. The van der Waals surface area contributed by atoms with Gasteiger partial charge in [-0.1, -0.05) is 13.8 Å². The van der Waals surface area contributed by atoms with E-state index in [0.717, 1.165) is 39.3 Å². The van der Waals surface area contributed by atoms with E-state index >= 15 is 0 Å². The Morgan fingerprint density at radius 1 is 1.14 bits per heavy atom. The molecule has 36 heavy (non-hydrogen) atoms. The highest BCUT2D eigenvalue weighted by Crippen LogP contribution is 2.34. The van der Waals surface area contributed by atoms with Crippen LogP contribution in [0.15, 0.2) is 53.0 Å². The third kappa shape index (κ3) is 4.70. The van der Waals surface area contributed by atoms with Gasteiger partial charge in [-0.25, -0.2) is 22.5 Å². The number of piperazine rings is 1. The topological polar surface area (TPSA) is 71.3 Å². The SMILES string of the molecule is Cc1nc(S(=O)(=O)N2CCN(CC(C)C)[C@@H](c3cc4cnn(-c5ccc(F)cc5)c4cc3C)C2)cs1. The van der Waals surface area contributed by atoms with E-state index in [9.17, 15) is 12.8 Å². The molecule has 4 aromatic rings. The summed E-state index contributed by atoms with van der Waals surface area (Å²) in [4.78, 5) is 6.65. The third-order valence-corrected chi connectivity index (χ3v) is 9.31. The summed E-state index contributed by atoms with van der Waals surface area (Å²) in [5.74, 6) is 0.158. The Balaban J connectivity index is 1.53. The first-order valence-corrected chi connectivity index (χ1v) is 14.4. The monoisotopic (exact) mass is 527 g/mol. The number of aromatic nitrogens is 3. The number of hydrogen-bond acceptors (Lipinski definition) is 6. The van der Waals surface area contributed by atoms with Crippen molar-refractivity contribution in [1.82, 2.24) is 24.0 Å². The standard InChI is InChI=1S/C26H30FN5O2S2/c1-17(2)14-30-9-10-31(36(33,34)26-16-35-19(4)29-26)15-25(30)23-12-20-13-28-32(24(20)11-18(23)3)22-7-5-21(27)6-8-22/h5-8,11-13,16-17,25H,9-10,14-15H2,1-4H3/t25-/m1/s1. The number of sulfonamides is 1. The number of nitrogens with zero attached hydrogens (tertiary/aromatic N) is 5. The van der Waals surface area contributed by atoms with Gasteiger partial charge in [-0.15, -0.1) is 11.3 Å². The molecular formula is C26H30FN5O2S2. The van der Waals surface area contributed by atoms with Crippen LogP contribution in [0.4, 0.5) is 4.39 Å². The molecule has 190 valence electrons. The number of rotatable bonds is 6. The minimum atomic E-state index is -3.67. The normalized spacial score (nSPS) is 17.9. The summed E-state index contributed by atoms with van der Waals surface area (Å²) >= 11 is 1.35. The van der Waals surface area contributed by atoms with Crippen molar-refractivity contribution in [2.75, 3.05) is 26.2 Å². The van der Waals surface area contributed by atoms with Gasteiger partial charge in [-0.2, -0.15) is 9.40 Å². The largest absolute Gasteiger partial charge is 0.293 e. The van der Waals surface area contributed by atoms with Gasteiger partial charge in [-0.05, 0) is 67.3 Å². The molecule has 1 aliphatic heterocycles. The quantitative estimate of drug-likeness (QED) is 0.355. The summed E-state index contributed by atoms with van der Waals surface area (Å²) in [5.41, 5.74) is 3.87. The van der Waals surface area contributed by atoms with Crippen molar-refractivity contribution in [2.24, 2.45) is 5.92 Å². The van der Waals surface area contributed by atoms with Crippen molar-refractivity contribution in [1.29, 1.82) is 0 Å². The summed E-state index contributed by atoms with van der Waals surface area (Å²) in [6.45, 7) is 10.6. The Kier molecular flexibility index (Phi) is 6.71. The summed E-state index contributed by atoms with van der Waals surface area (Å²) in [5, 5.41) is 8.01. The minimum Gasteiger partial charge on any atom is -0.293 e. The maximum Gasteiger partial charge on any atom is 0.261 e. The van der Waals surface area contributed by atoms with Crippen molar-refractivity contribution in [3.05, 3.63) is 69.9 Å². The van der Waals surface area contributed by atoms with Crippen molar-refractivity contribution in [3.8, 4) is 5.69 Å². The van der Waals surface area contributed by atoms with Crippen LogP contribution in [-0.2, 0) is 10.0 Å². The van der Waals surface area contributed by atoms with Gasteiger partial charge in [0.05, 0.1) is 22.4 Å². The van der Waals surface area contributed by atoms with E-state index < -0.39 is 10.0 Å². The van der Waals surface area contributed by atoms with Crippen LogP contribution in [0.25, 0.3) is 16.6 Å². The van der Waals surface area contributed by atoms with Crippen molar-refractivity contribution >= 4 is 32.3 Å². The van der Waals surface area contributed by atoms with Gasteiger partial charge in [0.2, 0.25) is 0 Å². The number of benzene rings is 2. The van der Waals surface area contributed by atoms with Crippen LogP contribution < -0.4 is 0 Å². The highest BCUT2D eigenvalue weighted by molar-refractivity contribution is 7.89. The molecule has 0 amide bonds. The van der Waals surface area contributed by atoms with Crippen LogP contribution in [0.2, 0.25) is 0 Å². The Hall–Kier alpha value is -2.66. The highest BCUT2D eigenvalue weighted by atomic mass is 32.2. The zero-order chi connectivity index (χ0) is 25.6. The van der Waals surface area contributed by atoms with Crippen molar-refractivity contribution < 1.29 is 12.8 Å². The predicted molar refractivity (Wildman–Crippen MR) is 141 cm³/mol. The van der Waals surface area contributed by atoms with Crippen LogP contribution in [-0.4, -0.2) is 58.6 Å². The molecule has 0 N–H and O–H groups in total. The molecule has 1 fully saturated rings. The fourth-order valence-electron chi connectivity index (χ4n) is 4.93. The summed E-state index contributed by atoms with van der Waals surface area (Å²) < 4.78 is 43.6. The van der Waals surface area contributed by atoms with E-state index in [4.69, 9.17) is 0 Å². The van der Waals surface area contributed by atoms with Crippen molar-refractivity contribution in [2.45, 2.75) is 38.8 Å². The first kappa shape index (κ1) is 25.0. The molecule has 0 aliphatic carbocycles. The maximum atomic E-state index is 13.4. The fourth-order valence-corrected chi connectivity index (χ4v) is 7.27. The molecule has 0 saturated carbocycles. The molecule has 10 heteroatoms. The summed E-state index contributed by atoms with van der Waals surface area (Å²) in [6.07, 6.45) is 1.81. The highest BCUT2D eigenvalue weighted by Gasteiger charge is 2.37. The smallest absolute Gasteiger partial charge is 0.261 e. The first-order chi connectivity index (χ1) is 17.1. The molecule has 1 aliphatic rings. The van der Waals surface area contributed by atoms with E-state index in [1.807, 2.05) is 13.1 Å². The third-order valence-electron chi connectivity index (χ3n) is 6.64. The number of halogens is 1. The van der Waals surface area contributed by atoms with E-state index in [1.165, 1.54) is 23.5 Å². The molecule has 0 spiro atoms. The molecule has 5 rings (SSSR count). The molecular weight excluding hydrogens is 497 g/mol. The lowest BCUT2D eigenvalue weighted by molar-refractivity contribution is 0.105. The number of aryl methyl sites for hydroxylation is 2. The van der Waals surface area contributed by atoms with Gasteiger partial charge in [0.1, 0.15) is 5.82 Å². The fraction of sp³-hybridized carbons (Fsp3) is 0.385. The molecule has 3 heterocycles. The minimum absolute atomic E-state index is 0.0887. The first-order valence-electron chi connectivity index (χ1n) is 12.0. The Labute approximate surface area is 215 Å². The molecule has 0 unspecified atom stereocenters. The van der Waals surface area contributed by atoms with Crippen LogP contribution in [0.5, 0.6) is 0 Å². The Morgan fingerprint density at radius 3 is 2.56 bits per heavy atom. The van der Waals surface area contributed by atoms with Crippen molar-refractivity contribution in [3.63, 3.8) is 0 Å². The van der Waals surface area contributed by atoms with Crippen LogP contribution in [0, 0.1) is 25.6 Å². The van der Waals surface area contributed by atoms with Gasteiger partial charge >= 0.3 is 0 Å². The van der Waals surface area contributed by atoms with Gasteiger partial charge in [0.25, 0.3) is 10.0 Å². The van der Waals surface area contributed by atoms with Crippen LogP contribution >= 0.6 is 11.3 Å². The lowest BCUT2D eigenvalue weighted by Crippen LogP contribution is -2.51. The van der Waals surface area contributed by atoms with Gasteiger partial charge < -0.3 is 0 Å². The molecule has 2 aromatic carbocycles. The number of fused-ring (bicyclic) bond motifs is 1. The average Bonchev–Trinajstić information content (AvgIpc) is 3.45. The molecule has 0 radical (unpaired) electrons. The maximum absolute atomic E-state index is 13.4. The Morgan fingerprint density at radius 2 is 1.89 bits per heavy atom. The van der Waals surface area contributed by atoms with Crippen LogP contribution in [0.1, 0.15) is 36.0 Å². The summed E-state index contributed by atoms with van der Waals surface area (Å²) in [6, 6.07) is 10.4.